The van der Waals surface area contributed by atoms with Gasteiger partial charge < -0.3 is 10.1 Å². The van der Waals surface area contributed by atoms with Crippen LogP contribution in [0.15, 0.2) is 17.5 Å². The molecule has 1 aliphatic carbocycles. The van der Waals surface area contributed by atoms with Gasteiger partial charge in [-0.3, -0.25) is 4.79 Å². The second-order valence-corrected chi connectivity index (χ2v) is 5.06. The fourth-order valence-electron chi connectivity index (χ4n) is 1.46. The minimum atomic E-state index is -0.0929. The molecule has 16 heavy (non-hydrogen) atoms. The van der Waals surface area contributed by atoms with Gasteiger partial charge in [0, 0.05) is 23.9 Å². The van der Waals surface area contributed by atoms with Crippen LogP contribution in [-0.2, 0) is 16.0 Å². The van der Waals surface area contributed by atoms with Gasteiger partial charge in [0.05, 0.1) is 13.0 Å². The molecule has 1 heterocycles. The van der Waals surface area contributed by atoms with E-state index in [-0.39, 0.29) is 5.97 Å². The topological polar surface area (TPSA) is 38.3 Å². The normalized spacial score (nSPS) is 15.0. The van der Waals surface area contributed by atoms with Gasteiger partial charge in [-0.25, -0.2) is 0 Å². The van der Waals surface area contributed by atoms with Gasteiger partial charge in [-0.15, -0.1) is 11.3 Å². The first-order chi connectivity index (χ1) is 7.84. The molecule has 1 fully saturated rings. The molecular weight excluding hydrogens is 222 g/mol. The maximum atomic E-state index is 11.3. The lowest BCUT2D eigenvalue weighted by molar-refractivity contribution is -0.143. The molecule has 4 heteroatoms. The highest BCUT2D eigenvalue weighted by atomic mass is 32.1. The Hall–Kier alpha value is -0.870. The molecular formula is C12H17NO2S. The van der Waals surface area contributed by atoms with Crippen LogP contribution >= 0.6 is 11.3 Å². The van der Waals surface area contributed by atoms with Crippen LogP contribution in [0.25, 0.3) is 0 Å². The lowest BCUT2D eigenvalue weighted by Crippen LogP contribution is -2.21. The van der Waals surface area contributed by atoms with Crippen molar-refractivity contribution in [1.82, 2.24) is 5.32 Å². The molecule has 0 unspecified atom stereocenters. The number of rotatable bonds is 7. The van der Waals surface area contributed by atoms with Crippen LogP contribution < -0.4 is 5.32 Å². The molecule has 0 radical (unpaired) electrons. The SMILES string of the molecule is O=C(CCNC1CC1)OCCc1cccs1. The lowest BCUT2D eigenvalue weighted by atomic mass is 10.3. The van der Waals surface area contributed by atoms with Crippen LogP contribution in [0.3, 0.4) is 0 Å². The molecule has 3 nitrogen and oxygen atoms in total. The number of nitrogens with one attached hydrogen (secondary N) is 1. The maximum Gasteiger partial charge on any atom is 0.307 e. The molecule has 0 aliphatic heterocycles. The maximum absolute atomic E-state index is 11.3. The summed E-state index contributed by atoms with van der Waals surface area (Å²) in [5.41, 5.74) is 0. The van der Waals surface area contributed by atoms with Gasteiger partial charge in [0.25, 0.3) is 0 Å². The molecule has 0 atom stereocenters. The summed E-state index contributed by atoms with van der Waals surface area (Å²) in [4.78, 5) is 12.6. The number of carbonyl (C=O) groups is 1. The molecule has 1 aliphatic rings. The van der Waals surface area contributed by atoms with E-state index in [1.54, 1.807) is 11.3 Å². The third kappa shape index (κ3) is 4.33. The lowest BCUT2D eigenvalue weighted by Gasteiger charge is -2.04. The van der Waals surface area contributed by atoms with E-state index in [2.05, 4.69) is 11.4 Å². The standard InChI is InChI=1S/C12H17NO2S/c14-12(5-7-13-10-3-4-10)15-8-6-11-2-1-9-16-11/h1-2,9-10,13H,3-8H2. The third-order valence-corrected chi connectivity index (χ3v) is 3.47. The summed E-state index contributed by atoms with van der Waals surface area (Å²) in [6.07, 6.45) is 3.83. The molecule has 0 bridgehead atoms. The van der Waals surface area contributed by atoms with Gasteiger partial charge in [0.2, 0.25) is 0 Å². The number of hydrogen-bond acceptors (Lipinski definition) is 4. The van der Waals surface area contributed by atoms with Crippen LogP contribution in [0, 0.1) is 0 Å². The number of hydrogen-bond donors (Lipinski definition) is 1. The van der Waals surface area contributed by atoms with Gasteiger partial charge in [-0.2, -0.15) is 0 Å². The van der Waals surface area contributed by atoms with Crippen molar-refractivity contribution in [1.29, 1.82) is 0 Å². The van der Waals surface area contributed by atoms with Crippen molar-refractivity contribution >= 4 is 17.3 Å². The molecule has 0 amide bonds. The van der Waals surface area contributed by atoms with Crippen molar-refractivity contribution in [2.75, 3.05) is 13.2 Å². The smallest absolute Gasteiger partial charge is 0.307 e. The Morgan fingerprint density at radius 3 is 3.12 bits per heavy atom. The largest absolute Gasteiger partial charge is 0.465 e. The molecule has 1 saturated carbocycles. The van der Waals surface area contributed by atoms with Crippen LogP contribution in [0.4, 0.5) is 0 Å². The van der Waals surface area contributed by atoms with Gasteiger partial charge in [0.1, 0.15) is 0 Å². The summed E-state index contributed by atoms with van der Waals surface area (Å²) in [5.74, 6) is -0.0929. The first kappa shape index (κ1) is 11.6. The highest BCUT2D eigenvalue weighted by molar-refractivity contribution is 7.09. The van der Waals surface area contributed by atoms with E-state index < -0.39 is 0 Å². The Morgan fingerprint density at radius 1 is 1.56 bits per heavy atom. The predicted octanol–water partition coefficient (Wildman–Crippen LogP) is 1.98. The first-order valence-corrected chi connectivity index (χ1v) is 6.64. The number of ether oxygens (including phenoxy) is 1. The summed E-state index contributed by atoms with van der Waals surface area (Å²) in [7, 11) is 0. The van der Waals surface area contributed by atoms with Gasteiger partial charge in [-0.1, -0.05) is 6.07 Å². The minimum absolute atomic E-state index is 0.0929. The van der Waals surface area contributed by atoms with E-state index >= 15 is 0 Å². The van der Waals surface area contributed by atoms with Gasteiger partial charge in [-0.05, 0) is 24.3 Å². The van der Waals surface area contributed by atoms with Crippen molar-refractivity contribution in [2.45, 2.75) is 31.7 Å². The molecule has 0 saturated heterocycles. The average Bonchev–Trinajstić information content (AvgIpc) is 2.94. The van der Waals surface area contributed by atoms with E-state index in [0.29, 0.717) is 19.1 Å². The fourth-order valence-corrected chi connectivity index (χ4v) is 2.15. The second-order valence-electron chi connectivity index (χ2n) is 4.03. The molecule has 2 rings (SSSR count). The van der Waals surface area contributed by atoms with Crippen LogP contribution in [0.5, 0.6) is 0 Å². The molecule has 88 valence electrons. The minimum Gasteiger partial charge on any atom is -0.465 e. The van der Waals surface area contributed by atoms with E-state index in [4.69, 9.17) is 4.74 Å². The molecule has 1 aromatic rings. The van der Waals surface area contributed by atoms with Gasteiger partial charge >= 0.3 is 5.97 Å². The number of thiophene rings is 1. The number of carbonyl (C=O) groups excluding carboxylic acids is 1. The fraction of sp³-hybridized carbons (Fsp3) is 0.583. The third-order valence-electron chi connectivity index (χ3n) is 2.53. The molecule has 1 N–H and O–H groups in total. The Kier molecular flexibility index (Phi) is 4.36. The van der Waals surface area contributed by atoms with Crippen molar-refractivity contribution in [2.24, 2.45) is 0 Å². The van der Waals surface area contributed by atoms with Crippen LogP contribution in [0.1, 0.15) is 24.1 Å². The Bertz CT molecular complexity index is 320. The van der Waals surface area contributed by atoms with Crippen molar-refractivity contribution < 1.29 is 9.53 Å². The van der Waals surface area contributed by atoms with Crippen molar-refractivity contribution in [3.63, 3.8) is 0 Å². The molecule has 0 spiro atoms. The Labute approximate surface area is 99.8 Å². The quantitative estimate of drug-likeness (QED) is 0.739. The van der Waals surface area contributed by atoms with Crippen molar-refractivity contribution in [3.05, 3.63) is 22.4 Å². The first-order valence-electron chi connectivity index (χ1n) is 5.76. The highest BCUT2D eigenvalue weighted by Gasteiger charge is 2.20. The Morgan fingerprint density at radius 2 is 2.44 bits per heavy atom. The van der Waals surface area contributed by atoms with E-state index in [0.717, 1.165) is 13.0 Å². The summed E-state index contributed by atoms with van der Waals surface area (Å²) in [5, 5.41) is 5.33. The number of esters is 1. The van der Waals surface area contributed by atoms with Crippen LogP contribution in [0.2, 0.25) is 0 Å². The highest BCUT2D eigenvalue weighted by Crippen LogP contribution is 2.18. The van der Waals surface area contributed by atoms with E-state index in [9.17, 15) is 4.79 Å². The monoisotopic (exact) mass is 239 g/mol. The van der Waals surface area contributed by atoms with E-state index in [1.165, 1.54) is 17.7 Å². The van der Waals surface area contributed by atoms with Crippen molar-refractivity contribution in [3.8, 4) is 0 Å². The summed E-state index contributed by atoms with van der Waals surface area (Å²) < 4.78 is 5.15. The molecule has 0 aromatic carbocycles. The zero-order chi connectivity index (χ0) is 11.2. The zero-order valence-electron chi connectivity index (χ0n) is 9.28. The molecule has 1 aromatic heterocycles. The summed E-state index contributed by atoms with van der Waals surface area (Å²) in [6.45, 7) is 1.26. The summed E-state index contributed by atoms with van der Waals surface area (Å²) >= 11 is 1.70. The Balaban J connectivity index is 1.49. The van der Waals surface area contributed by atoms with E-state index in [1.807, 2.05) is 11.4 Å². The second kappa shape index (κ2) is 6.01. The predicted molar refractivity (Wildman–Crippen MR) is 64.6 cm³/mol. The van der Waals surface area contributed by atoms with Gasteiger partial charge in [0.15, 0.2) is 0 Å². The van der Waals surface area contributed by atoms with Crippen LogP contribution in [-0.4, -0.2) is 25.2 Å². The average molecular weight is 239 g/mol. The summed E-state index contributed by atoms with van der Waals surface area (Å²) in [6, 6.07) is 4.74. The zero-order valence-corrected chi connectivity index (χ0v) is 10.1.